The van der Waals surface area contributed by atoms with Crippen molar-refractivity contribution in [2.75, 3.05) is 19.8 Å². The van der Waals surface area contributed by atoms with Crippen LogP contribution in [0.5, 0.6) is 11.5 Å². The molecule has 1 atom stereocenters. The van der Waals surface area contributed by atoms with Gasteiger partial charge in [0.05, 0.1) is 24.2 Å². The Morgan fingerprint density at radius 3 is 2.40 bits per heavy atom. The summed E-state index contributed by atoms with van der Waals surface area (Å²) in [5.41, 5.74) is 1.19. The van der Waals surface area contributed by atoms with Gasteiger partial charge in [0.1, 0.15) is 0 Å². The lowest BCUT2D eigenvalue weighted by Gasteiger charge is -2.26. The zero-order valence-corrected chi connectivity index (χ0v) is 16.9. The molecule has 1 amide bonds. The summed E-state index contributed by atoms with van der Waals surface area (Å²) in [6.07, 6.45) is 2.40. The highest BCUT2D eigenvalue weighted by atomic mass is 32.2. The van der Waals surface area contributed by atoms with Crippen LogP contribution in [0.4, 0.5) is 8.78 Å². The fourth-order valence-corrected chi connectivity index (χ4v) is 4.52. The number of rotatable bonds is 4. The first-order chi connectivity index (χ1) is 14.4. The van der Waals surface area contributed by atoms with Crippen LogP contribution in [0.3, 0.4) is 0 Å². The van der Waals surface area contributed by atoms with Crippen LogP contribution in [0.15, 0.2) is 47.4 Å². The molecular formula is C21H21F2NO5S. The van der Waals surface area contributed by atoms with Gasteiger partial charge < -0.3 is 14.4 Å². The number of carbonyl (C=O) groups is 1. The second kappa shape index (κ2) is 8.22. The third kappa shape index (κ3) is 3.86. The molecule has 6 nitrogen and oxygen atoms in total. The Bertz CT molecular complexity index is 1040. The Morgan fingerprint density at radius 1 is 1.00 bits per heavy atom. The molecule has 2 aliphatic heterocycles. The van der Waals surface area contributed by atoms with Gasteiger partial charge in [-0.25, -0.2) is 8.42 Å². The molecule has 1 saturated heterocycles. The van der Waals surface area contributed by atoms with Crippen LogP contribution in [0.25, 0.3) is 0 Å². The van der Waals surface area contributed by atoms with Gasteiger partial charge in [-0.15, -0.1) is 0 Å². The van der Waals surface area contributed by atoms with E-state index in [0.717, 1.165) is 37.0 Å². The summed E-state index contributed by atoms with van der Waals surface area (Å²) in [4.78, 5) is 14.3. The molecule has 2 aromatic rings. The highest BCUT2D eigenvalue weighted by Gasteiger charge is 2.32. The summed E-state index contributed by atoms with van der Waals surface area (Å²) in [5.74, 6) is -2.43. The van der Waals surface area contributed by atoms with Crippen molar-refractivity contribution in [1.29, 1.82) is 0 Å². The van der Waals surface area contributed by atoms with Crippen molar-refractivity contribution in [2.24, 2.45) is 0 Å². The minimum atomic E-state index is -4.69. The molecular weight excluding hydrogens is 416 g/mol. The van der Waals surface area contributed by atoms with Crippen LogP contribution in [0.2, 0.25) is 0 Å². The third-order valence-electron chi connectivity index (χ3n) is 5.33. The number of nitrogens with zero attached hydrogens (tertiary/aromatic N) is 1. The number of ether oxygens (including phenoxy) is 2. The monoisotopic (exact) mass is 437 g/mol. The molecule has 9 heteroatoms. The van der Waals surface area contributed by atoms with Crippen LogP contribution in [-0.2, 0) is 9.84 Å². The van der Waals surface area contributed by atoms with Gasteiger partial charge in [-0.3, -0.25) is 4.79 Å². The van der Waals surface area contributed by atoms with Gasteiger partial charge in [0.2, 0.25) is 9.84 Å². The van der Waals surface area contributed by atoms with Gasteiger partial charge in [0.25, 0.3) is 5.91 Å². The minimum absolute atomic E-state index is 0.154. The number of benzene rings is 2. The second-order valence-electron chi connectivity index (χ2n) is 7.24. The molecule has 0 N–H and O–H groups in total. The van der Waals surface area contributed by atoms with E-state index < -0.39 is 20.5 Å². The summed E-state index contributed by atoms with van der Waals surface area (Å²) in [7, 11) is -4.69. The molecule has 2 aromatic carbocycles. The summed E-state index contributed by atoms with van der Waals surface area (Å²) >= 11 is 0. The number of alkyl halides is 2. The molecule has 0 saturated carbocycles. The lowest BCUT2D eigenvalue weighted by atomic mass is 10.0. The van der Waals surface area contributed by atoms with Crippen molar-refractivity contribution >= 4 is 15.7 Å². The Labute approximate surface area is 173 Å². The average molecular weight is 437 g/mol. The predicted molar refractivity (Wildman–Crippen MR) is 105 cm³/mol. The van der Waals surface area contributed by atoms with Crippen LogP contribution in [-0.4, -0.2) is 44.7 Å². The smallest absolute Gasteiger partial charge is 0.341 e. The Morgan fingerprint density at radius 2 is 1.70 bits per heavy atom. The van der Waals surface area contributed by atoms with Gasteiger partial charge in [-0.05, 0) is 54.8 Å². The molecule has 0 spiro atoms. The predicted octanol–water partition coefficient (Wildman–Crippen LogP) is 3.82. The van der Waals surface area contributed by atoms with Gasteiger partial charge in [0, 0.05) is 18.5 Å². The first-order valence-corrected chi connectivity index (χ1v) is 11.2. The second-order valence-corrected chi connectivity index (χ2v) is 9.16. The number of fused-ring (bicyclic) bond motifs is 1. The van der Waals surface area contributed by atoms with Gasteiger partial charge in [-0.2, -0.15) is 8.78 Å². The maximum Gasteiger partial charge on any atom is 0.341 e. The van der Waals surface area contributed by atoms with Crippen LogP contribution in [0.1, 0.15) is 41.2 Å². The molecule has 2 aliphatic rings. The first kappa shape index (κ1) is 20.6. The topological polar surface area (TPSA) is 72.9 Å². The maximum atomic E-state index is 13.0. The Hall–Kier alpha value is -2.68. The van der Waals surface area contributed by atoms with Crippen molar-refractivity contribution in [2.45, 2.75) is 36.0 Å². The normalized spacial score (nSPS) is 19.0. The highest BCUT2D eigenvalue weighted by Crippen LogP contribution is 2.38. The molecule has 160 valence electrons. The van der Waals surface area contributed by atoms with Crippen molar-refractivity contribution in [1.82, 2.24) is 4.90 Å². The average Bonchev–Trinajstić information content (AvgIpc) is 3.11. The zero-order valence-electron chi connectivity index (χ0n) is 16.1. The quantitative estimate of drug-likeness (QED) is 0.727. The van der Waals surface area contributed by atoms with Crippen LogP contribution < -0.4 is 9.47 Å². The molecule has 0 unspecified atom stereocenters. The molecule has 1 fully saturated rings. The fraction of sp³-hybridized carbons (Fsp3) is 0.381. The fourth-order valence-electron chi connectivity index (χ4n) is 3.80. The molecule has 2 heterocycles. The standard InChI is InChI=1S/C21H21F2NO5S/c22-21(23)30(26,27)16-7-4-14(5-8-16)20(25)24-10-1-3-17(24)15-6-9-18-19(13-15)29-12-2-11-28-18/h4-9,13,17,21H,1-3,10-12H2/t17-/m0/s1. The summed E-state index contributed by atoms with van der Waals surface area (Å²) in [6.45, 7) is 1.71. The SMILES string of the molecule is O=C(c1ccc(S(=O)(=O)C(F)F)cc1)N1CCC[C@H]1c1ccc2c(c1)OCCCO2. The first-order valence-electron chi connectivity index (χ1n) is 9.70. The van der Waals surface area contributed by atoms with Gasteiger partial charge >= 0.3 is 5.76 Å². The van der Waals surface area contributed by atoms with E-state index in [1.165, 1.54) is 12.1 Å². The van der Waals surface area contributed by atoms with E-state index in [0.29, 0.717) is 31.3 Å². The van der Waals surface area contributed by atoms with E-state index in [-0.39, 0.29) is 17.5 Å². The molecule has 0 aliphatic carbocycles. The van der Waals surface area contributed by atoms with E-state index in [4.69, 9.17) is 9.47 Å². The number of halogens is 2. The molecule has 0 radical (unpaired) electrons. The highest BCUT2D eigenvalue weighted by molar-refractivity contribution is 7.91. The summed E-state index contributed by atoms with van der Waals surface area (Å²) in [5, 5.41) is 0. The van der Waals surface area contributed by atoms with E-state index in [2.05, 4.69) is 0 Å². The number of hydrogen-bond donors (Lipinski definition) is 0. The van der Waals surface area contributed by atoms with Crippen LogP contribution >= 0.6 is 0 Å². The molecule has 30 heavy (non-hydrogen) atoms. The van der Waals surface area contributed by atoms with Crippen molar-refractivity contribution in [3.8, 4) is 11.5 Å². The van der Waals surface area contributed by atoms with E-state index in [1.807, 2.05) is 18.2 Å². The number of amides is 1. The third-order valence-corrected chi connectivity index (χ3v) is 6.73. The lowest BCUT2D eigenvalue weighted by Crippen LogP contribution is -2.30. The minimum Gasteiger partial charge on any atom is -0.490 e. The Kier molecular flexibility index (Phi) is 5.64. The maximum absolute atomic E-state index is 13.0. The number of sulfone groups is 1. The van der Waals surface area contributed by atoms with Gasteiger partial charge in [0.15, 0.2) is 11.5 Å². The van der Waals surface area contributed by atoms with E-state index >= 15 is 0 Å². The number of carbonyl (C=O) groups excluding carboxylic acids is 1. The van der Waals surface area contributed by atoms with E-state index in [9.17, 15) is 22.0 Å². The lowest BCUT2D eigenvalue weighted by molar-refractivity contribution is 0.0735. The summed E-state index contributed by atoms with van der Waals surface area (Å²) < 4.78 is 60.0. The van der Waals surface area contributed by atoms with Crippen LogP contribution in [0, 0.1) is 0 Å². The van der Waals surface area contributed by atoms with Crippen molar-refractivity contribution in [3.05, 3.63) is 53.6 Å². The largest absolute Gasteiger partial charge is 0.490 e. The van der Waals surface area contributed by atoms with Crippen molar-refractivity contribution in [3.63, 3.8) is 0 Å². The molecule has 0 aromatic heterocycles. The Balaban J connectivity index is 1.56. The number of hydrogen-bond acceptors (Lipinski definition) is 5. The number of likely N-dealkylation sites (tertiary alicyclic amines) is 1. The summed E-state index contributed by atoms with van der Waals surface area (Å²) in [6, 6.07) is 10.2. The van der Waals surface area contributed by atoms with Crippen molar-refractivity contribution < 1.29 is 31.5 Å². The molecule has 4 rings (SSSR count). The zero-order chi connectivity index (χ0) is 21.3. The van der Waals surface area contributed by atoms with Gasteiger partial charge in [-0.1, -0.05) is 6.07 Å². The van der Waals surface area contributed by atoms with E-state index in [1.54, 1.807) is 4.90 Å². The molecule has 0 bridgehead atoms.